The van der Waals surface area contributed by atoms with Crippen molar-refractivity contribution >= 4 is 28.0 Å². The highest BCUT2D eigenvalue weighted by Gasteiger charge is 2.29. The number of nitrogens with one attached hydrogen (secondary N) is 2. The average Bonchev–Trinajstić information content (AvgIpc) is 3.33. The second-order valence-corrected chi connectivity index (χ2v) is 9.03. The molecule has 1 saturated carbocycles. The van der Waals surface area contributed by atoms with Crippen molar-refractivity contribution in [2.45, 2.75) is 57.9 Å². The molecule has 0 aromatic carbocycles. The van der Waals surface area contributed by atoms with Crippen molar-refractivity contribution < 1.29 is 4.79 Å². The lowest BCUT2D eigenvalue weighted by molar-refractivity contribution is -0.134. The molecular weight excluding hydrogens is 366 g/mol. The molecule has 3 aromatic heterocycles. The third-order valence-corrected chi connectivity index (χ3v) is 6.97. The first-order valence-corrected chi connectivity index (χ1v) is 10.9. The highest BCUT2D eigenvalue weighted by molar-refractivity contribution is 6.00. The number of aromatic nitrogens is 4. The first kappa shape index (κ1) is 18.5. The van der Waals surface area contributed by atoms with Gasteiger partial charge >= 0.3 is 5.69 Å². The molecule has 7 heteroatoms. The van der Waals surface area contributed by atoms with E-state index in [0.29, 0.717) is 18.9 Å². The zero-order valence-corrected chi connectivity index (χ0v) is 17.0. The summed E-state index contributed by atoms with van der Waals surface area (Å²) >= 11 is 0. The molecule has 2 fully saturated rings. The van der Waals surface area contributed by atoms with Crippen LogP contribution in [-0.4, -0.2) is 43.4 Å². The first-order chi connectivity index (χ1) is 14.1. The van der Waals surface area contributed by atoms with Crippen LogP contribution in [0, 0.1) is 11.8 Å². The van der Waals surface area contributed by atoms with E-state index >= 15 is 0 Å². The van der Waals surface area contributed by atoms with E-state index in [9.17, 15) is 9.59 Å². The number of carbonyl (C=O) groups is 1. The first-order valence-electron chi connectivity index (χ1n) is 10.9. The molecule has 154 valence electrons. The Labute approximate surface area is 169 Å². The quantitative estimate of drug-likeness (QED) is 0.710. The van der Waals surface area contributed by atoms with Crippen LogP contribution in [0.1, 0.15) is 57.9 Å². The van der Waals surface area contributed by atoms with E-state index in [1.54, 1.807) is 6.20 Å². The molecule has 1 atom stereocenters. The second kappa shape index (κ2) is 7.35. The molecular formula is C22H29N5O2. The number of imidazole rings is 1. The standard InChI is InChI=1S/C22H29N5O2/c1-14-4-6-15(7-5-14)11-19(28)26-10-2-3-16(13-26)27-20-17-8-9-23-21(17)24-12-18(20)25-22(27)29/h8-9,12,14-16H,2-7,10-11,13H2,1H3,(H,23,24)(H,25,29)/t14?,15?,16-/m1/s1. The molecule has 29 heavy (non-hydrogen) atoms. The number of fused-ring (bicyclic) bond motifs is 3. The maximum Gasteiger partial charge on any atom is 0.326 e. The van der Waals surface area contributed by atoms with Crippen molar-refractivity contribution in [3.8, 4) is 0 Å². The number of pyridine rings is 1. The van der Waals surface area contributed by atoms with Crippen LogP contribution in [-0.2, 0) is 4.79 Å². The number of rotatable bonds is 3. The van der Waals surface area contributed by atoms with E-state index in [2.05, 4.69) is 21.9 Å². The van der Waals surface area contributed by atoms with Crippen LogP contribution >= 0.6 is 0 Å². The van der Waals surface area contributed by atoms with Gasteiger partial charge in [-0.25, -0.2) is 9.78 Å². The molecule has 1 amide bonds. The summed E-state index contributed by atoms with van der Waals surface area (Å²) in [5, 5.41) is 0.945. The molecule has 2 aliphatic rings. The summed E-state index contributed by atoms with van der Waals surface area (Å²) in [4.78, 5) is 38.2. The normalized spacial score (nSPS) is 25.7. The number of amides is 1. The smallest absolute Gasteiger partial charge is 0.326 e. The van der Waals surface area contributed by atoms with Gasteiger partial charge in [-0.3, -0.25) is 9.36 Å². The molecule has 3 aromatic rings. The fraction of sp³-hybridized carbons (Fsp3) is 0.591. The van der Waals surface area contributed by atoms with Gasteiger partial charge in [-0.15, -0.1) is 0 Å². The number of piperidine rings is 1. The van der Waals surface area contributed by atoms with Crippen molar-refractivity contribution in [3.63, 3.8) is 0 Å². The van der Waals surface area contributed by atoms with Crippen molar-refractivity contribution in [1.82, 2.24) is 24.4 Å². The minimum absolute atomic E-state index is 0.000767. The number of aromatic amines is 2. The summed E-state index contributed by atoms with van der Waals surface area (Å²) in [7, 11) is 0. The largest absolute Gasteiger partial charge is 0.346 e. The average molecular weight is 396 g/mol. The number of likely N-dealkylation sites (tertiary alicyclic amines) is 1. The summed E-state index contributed by atoms with van der Waals surface area (Å²) in [6.45, 7) is 3.73. The van der Waals surface area contributed by atoms with Crippen molar-refractivity contribution in [2.24, 2.45) is 11.8 Å². The molecule has 0 spiro atoms. The van der Waals surface area contributed by atoms with E-state index in [0.717, 1.165) is 47.4 Å². The number of nitrogens with zero attached hydrogens (tertiary/aromatic N) is 3. The third kappa shape index (κ3) is 3.36. The monoisotopic (exact) mass is 395 g/mol. The predicted molar refractivity (Wildman–Crippen MR) is 113 cm³/mol. The molecule has 1 saturated heterocycles. The Morgan fingerprint density at radius 2 is 2.07 bits per heavy atom. The lowest BCUT2D eigenvalue weighted by Crippen LogP contribution is -2.43. The number of H-pyrrole nitrogens is 2. The van der Waals surface area contributed by atoms with E-state index in [-0.39, 0.29) is 17.6 Å². The van der Waals surface area contributed by atoms with Gasteiger partial charge in [0.25, 0.3) is 0 Å². The minimum Gasteiger partial charge on any atom is -0.346 e. The molecule has 1 aliphatic carbocycles. The van der Waals surface area contributed by atoms with Crippen molar-refractivity contribution in [3.05, 3.63) is 28.9 Å². The SMILES string of the molecule is CC1CCC(CC(=O)N2CCC[C@@H](n3c(=O)[nH]c4cnc5[nH]ccc5c43)C2)CC1. The Balaban J connectivity index is 1.38. The van der Waals surface area contributed by atoms with E-state index in [4.69, 9.17) is 0 Å². The summed E-state index contributed by atoms with van der Waals surface area (Å²) in [5.41, 5.74) is 2.31. The Hall–Kier alpha value is -2.57. The lowest BCUT2D eigenvalue weighted by Gasteiger charge is -2.35. The summed E-state index contributed by atoms with van der Waals surface area (Å²) in [5.74, 6) is 1.59. The Bertz CT molecular complexity index is 1090. The zero-order chi connectivity index (χ0) is 20.0. The van der Waals surface area contributed by atoms with Gasteiger partial charge in [0.1, 0.15) is 5.65 Å². The topological polar surface area (TPSA) is 86.8 Å². The van der Waals surface area contributed by atoms with Gasteiger partial charge in [-0.05, 0) is 43.6 Å². The van der Waals surface area contributed by atoms with E-state index in [1.807, 2.05) is 21.7 Å². The number of carbonyl (C=O) groups excluding carboxylic acids is 1. The summed E-state index contributed by atoms with van der Waals surface area (Å²) < 4.78 is 1.86. The van der Waals surface area contributed by atoms with Gasteiger partial charge < -0.3 is 14.9 Å². The predicted octanol–water partition coefficient (Wildman–Crippen LogP) is 3.59. The van der Waals surface area contributed by atoms with Gasteiger partial charge in [-0.2, -0.15) is 0 Å². The summed E-state index contributed by atoms with van der Waals surface area (Å²) in [6.07, 6.45) is 10.9. The lowest BCUT2D eigenvalue weighted by atomic mass is 9.81. The Kier molecular flexibility index (Phi) is 4.68. The summed E-state index contributed by atoms with van der Waals surface area (Å²) in [6, 6.07) is 1.96. The Morgan fingerprint density at radius 1 is 1.24 bits per heavy atom. The maximum absolute atomic E-state index is 13.0. The van der Waals surface area contributed by atoms with Gasteiger partial charge in [0, 0.05) is 31.1 Å². The van der Waals surface area contributed by atoms with E-state index in [1.165, 1.54) is 25.7 Å². The van der Waals surface area contributed by atoms with Crippen LogP contribution in [0.5, 0.6) is 0 Å². The molecule has 0 bridgehead atoms. The molecule has 5 rings (SSSR count). The molecule has 0 unspecified atom stereocenters. The maximum atomic E-state index is 13.0. The fourth-order valence-electron chi connectivity index (χ4n) is 5.27. The van der Waals surface area contributed by atoms with Crippen molar-refractivity contribution in [1.29, 1.82) is 0 Å². The van der Waals surface area contributed by atoms with Crippen LogP contribution in [0.4, 0.5) is 0 Å². The van der Waals surface area contributed by atoms with Crippen LogP contribution in [0.3, 0.4) is 0 Å². The van der Waals surface area contributed by atoms with Crippen LogP contribution in [0.2, 0.25) is 0 Å². The Morgan fingerprint density at radius 3 is 2.90 bits per heavy atom. The zero-order valence-electron chi connectivity index (χ0n) is 17.0. The van der Waals surface area contributed by atoms with Crippen LogP contribution in [0.15, 0.2) is 23.3 Å². The van der Waals surface area contributed by atoms with Gasteiger partial charge in [-0.1, -0.05) is 19.8 Å². The van der Waals surface area contributed by atoms with E-state index < -0.39 is 0 Å². The third-order valence-electron chi connectivity index (χ3n) is 6.97. The molecule has 4 heterocycles. The number of hydrogen-bond donors (Lipinski definition) is 2. The molecule has 2 N–H and O–H groups in total. The van der Waals surface area contributed by atoms with Gasteiger partial charge in [0.15, 0.2) is 0 Å². The van der Waals surface area contributed by atoms with Crippen LogP contribution < -0.4 is 5.69 Å². The second-order valence-electron chi connectivity index (χ2n) is 9.03. The van der Waals surface area contributed by atoms with Crippen LogP contribution in [0.25, 0.3) is 22.1 Å². The molecule has 1 aliphatic heterocycles. The van der Waals surface area contributed by atoms with Gasteiger partial charge in [0.05, 0.1) is 23.3 Å². The number of hydrogen-bond acceptors (Lipinski definition) is 3. The highest BCUT2D eigenvalue weighted by Crippen LogP contribution is 2.32. The molecule has 7 nitrogen and oxygen atoms in total. The molecule has 0 radical (unpaired) electrons. The fourth-order valence-corrected chi connectivity index (χ4v) is 5.27. The highest BCUT2D eigenvalue weighted by atomic mass is 16.2. The van der Waals surface area contributed by atoms with Crippen molar-refractivity contribution in [2.75, 3.05) is 13.1 Å². The van der Waals surface area contributed by atoms with Gasteiger partial charge in [0.2, 0.25) is 5.91 Å². The minimum atomic E-state index is -0.115.